The van der Waals surface area contributed by atoms with Gasteiger partial charge in [-0.2, -0.15) is 0 Å². The summed E-state index contributed by atoms with van der Waals surface area (Å²) in [5.74, 6) is -0.478. The molecule has 0 unspecified atom stereocenters. The molecule has 1 aliphatic rings. The molecule has 8 heteroatoms. The van der Waals surface area contributed by atoms with Crippen LogP contribution < -0.4 is 10.2 Å². The monoisotopic (exact) mass is 518 g/mol. The molecular weight excluding hydrogens is 488 g/mol. The normalized spacial score (nSPS) is 14.8. The minimum atomic E-state index is -0.877. The molecule has 0 aliphatic heterocycles. The van der Waals surface area contributed by atoms with Gasteiger partial charge in [-0.25, -0.2) is 4.68 Å². The van der Waals surface area contributed by atoms with Crippen LogP contribution in [0, 0.1) is 0 Å². The Hall–Kier alpha value is -4.59. The number of aromatic nitrogens is 4. The van der Waals surface area contributed by atoms with Gasteiger partial charge >= 0.3 is 0 Å². The largest absolute Gasteiger partial charge is 0.351 e. The van der Waals surface area contributed by atoms with Gasteiger partial charge in [-0.15, -0.1) is 5.10 Å². The predicted octanol–water partition coefficient (Wildman–Crippen LogP) is 5.20. The van der Waals surface area contributed by atoms with Gasteiger partial charge in [0.1, 0.15) is 18.1 Å². The third-order valence-electron chi connectivity index (χ3n) is 7.40. The van der Waals surface area contributed by atoms with Gasteiger partial charge in [-0.05, 0) is 42.7 Å². The lowest BCUT2D eigenvalue weighted by Crippen LogP contribution is -2.48. The van der Waals surface area contributed by atoms with Crippen molar-refractivity contribution in [2.24, 2.45) is 0 Å². The first-order chi connectivity index (χ1) is 19.2. The van der Waals surface area contributed by atoms with Gasteiger partial charge in [0, 0.05) is 11.4 Å². The predicted molar refractivity (Wildman–Crippen MR) is 151 cm³/mol. The standard InChI is InChI=1S/C31H30N6O2/c38-29(21-36-28-18-10-9-17-27(28)34-35-36)37(25-19-23-13-7-8-16-26(23)32-20-25)30(22-11-3-1-4-12-22)31(39)33-24-14-5-2-6-15-24/h1,3-4,7-13,16-20,24,30H,2,5-6,14-15,21H2,(H,33,39)/t30-/m0/s1. The van der Waals surface area contributed by atoms with Crippen molar-refractivity contribution in [3.05, 3.63) is 96.7 Å². The summed E-state index contributed by atoms with van der Waals surface area (Å²) >= 11 is 0. The van der Waals surface area contributed by atoms with Crippen LogP contribution in [0.1, 0.15) is 43.7 Å². The SMILES string of the molecule is O=C(NC1CCCCC1)[C@H](c1ccccc1)N(C(=O)Cn1nnc2ccccc21)c1cnc2ccccc2c1. The van der Waals surface area contributed by atoms with E-state index < -0.39 is 6.04 Å². The Morgan fingerprint density at radius 2 is 1.62 bits per heavy atom. The van der Waals surface area contributed by atoms with Crippen molar-refractivity contribution in [1.29, 1.82) is 0 Å². The maximum Gasteiger partial charge on any atom is 0.249 e. The highest BCUT2D eigenvalue weighted by molar-refractivity contribution is 6.02. The van der Waals surface area contributed by atoms with Gasteiger partial charge in [-0.1, -0.05) is 85.1 Å². The van der Waals surface area contributed by atoms with Gasteiger partial charge in [0.2, 0.25) is 11.8 Å². The van der Waals surface area contributed by atoms with E-state index in [-0.39, 0.29) is 24.4 Å². The van der Waals surface area contributed by atoms with Crippen LogP contribution in [0.5, 0.6) is 0 Å². The molecule has 1 saturated carbocycles. The van der Waals surface area contributed by atoms with Crippen LogP contribution in [0.3, 0.4) is 0 Å². The first-order valence-electron chi connectivity index (χ1n) is 13.5. The molecular formula is C31H30N6O2. The summed E-state index contributed by atoms with van der Waals surface area (Å²) < 4.78 is 1.58. The van der Waals surface area contributed by atoms with E-state index in [1.165, 1.54) is 6.42 Å². The summed E-state index contributed by atoms with van der Waals surface area (Å²) in [6.45, 7) is -0.0760. The number of para-hydroxylation sites is 2. The summed E-state index contributed by atoms with van der Waals surface area (Å²) in [6.07, 6.45) is 6.94. The maximum absolute atomic E-state index is 14.2. The van der Waals surface area contributed by atoms with E-state index in [1.807, 2.05) is 84.9 Å². The fourth-order valence-electron chi connectivity index (χ4n) is 5.45. The number of hydrogen-bond donors (Lipinski definition) is 1. The third kappa shape index (κ3) is 5.23. The lowest BCUT2D eigenvalue weighted by molar-refractivity contribution is -0.127. The van der Waals surface area contributed by atoms with Crippen molar-refractivity contribution in [2.75, 3.05) is 4.90 Å². The maximum atomic E-state index is 14.2. The Morgan fingerprint density at radius 1 is 0.897 bits per heavy atom. The highest BCUT2D eigenvalue weighted by Gasteiger charge is 2.34. The summed E-state index contributed by atoms with van der Waals surface area (Å²) in [5.41, 5.74) is 3.56. The van der Waals surface area contributed by atoms with Gasteiger partial charge in [0.05, 0.1) is 22.9 Å². The number of pyridine rings is 1. The smallest absolute Gasteiger partial charge is 0.249 e. The van der Waals surface area contributed by atoms with E-state index in [9.17, 15) is 9.59 Å². The lowest BCUT2D eigenvalue weighted by atomic mass is 9.94. The van der Waals surface area contributed by atoms with Crippen LogP contribution in [-0.4, -0.2) is 37.8 Å². The van der Waals surface area contributed by atoms with Crippen LogP contribution in [0.2, 0.25) is 0 Å². The van der Waals surface area contributed by atoms with Crippen molar-refractivity contribution in [2.45, 2.75) is 50.7 Å². The first-order valence-corrected chi connectivity index (χ1v) is 13.5. The fraction of sp³-hybridized carbons (Fsp3) is 0.258. The second-order valence-corrected chi connectivity index (χ2v) is 10.0. The molecule has 2 aromatic heterocycles. The molecule has 1 fully saturated rings. The third-order valence-corrected chi connectivity index (χ3v) is 7.40. The van der Waals surface area contributed by atoms with E-state index in [1.54, 1.807) is 15.8 Å². The fourth-order valence-corrected chi connectivity index (χ4v) is 5.45. The summed E-state index contributed by atoms with van der Waals surface area (Å²) in [6, 6.07) is 25.9. The molecule has 39 heavy (non-hydrogen) atoms. The van der Waals surface area contributed by atoms with Crippen LogP contribution in [0.4, 0.5) is 5.69 Å². The van der Waals surface area contributed by atoms with Gasteiger partial charge in [-0.3, -0.25) is 19.5 Å². The molecule has 3 aromatic carbocycles. The van der Waals surface area contributed by atoms with E-state index in [4.69, 9.17) is 0 Å². The molecule has 0 radical (unpaired) electrons. The molecule has 2 heterocycles. The molecule has 8 nitrogen and oxygen atoms in total. The van der Waals surface area contributed by atoms with Crippen LogP contribution in [-0.2, 0) is 16.1 Å². The van der Waals surface area contributed by atoms with Crippen molar-refractivity contribution in [3.63, 3.8) is 0 Å². The Kier molecular flexibility index (Phi) is 6.99. The molecule has 0 bridgehead atoms. The number of anilines is 1. The zero-order chi connectivity index (χ0) is 26.6. The first kappa shape index (κ1) is 24.7. The second-order valence-electron chi connectivity index (χ2n) is 10.0. The second kappa shape index (κ2) is 11.0. The van der Waals surface area contributed by atoms with Crippen molar-refractivity contribution >= 4 is 39.4 Å². The Labute approximate surface area is 226 Å². The van der Waals surface area contributed by atoms with Gasteiger partial charge in [0.25, 0.3) is 0 Å². The quantitative estimate of drug-likeness (QED) is 0.320. The number of rotatable bonds is 7. The van der Waals surface area contributed by atoms with Crippen LogP contribution >= 0.6 is 0 Å². The number of carbonyl (C=O) groups is 2. The van der Waals surface area contributed by atoms with Gasteiger partial charge < -0.3 is 5.32 Å². The Bertz CT molecular complexity index is 1610. The van der Waals surface area contributed by atoms with E-state index in [0.717, 1.165) is 47.7 Å². The highest BCUT2D eigenvalue weighted by atomic mass is 16.2. The molecule has 1 N–H and O–H groups in total. The molecule has 1 atom stereocenters. The Morgan fingerprint density at radius 3 is 2.44 bits per heavy atom. The van der Waals surface area contributed by atoms with Crippen molar-refractivity contribution in [3.8, 4) is 0 Å². The minimum Gasteiger partial charge on any atom is -0.351 e. The summed E-state index contributed by atoms with van der Waals surface area (Å²) in [5, 5.41) is 12.6. The minimum absolute atomic E-state index is 0.0760. The highest BCUT2D eigenvalue weighted by Crippen LogP contribution is 2.31. The Balaban J connectivity index is 1.44. The number of carbonyl (C=O) groups excluding carboxylic acids is 2. The molecule has 1 aliphatic carbocycles. The number of nitrogens with zero attached hydrogens (tertiary/aromatic N) is 5. The zero-order valence-electron chi connectivity index (χ0n) is 21.6. The van der Waals surface area contributed by atoms with Crippen LogP contribution in [0.15, 0.2) is 91.1 Å². The molecule has 6 rings (SSSR count). The molecule has 0 saturated heterocycles. The molecule has 0 spiro atoms. The topological polar surface area (TPSA) is 93.0 Å². The summed E-state index contributed by atoms with van der Waals surface area (Å²) in [7, 11) is 0. The van der Waals surface area contributed by atoms with Crippen molar-refractivity contribution in [1.82, 2.24) is 25.3 Å². The van der Waals surface area contributed by atoms with E-state index in [0.29, 0.717) is 11.2 Å². The number of nitrogens with one attached hydrogen (secondary N) is 1. The van der Waals surface area contributed by atoms with E-state index in [2.05, 4.69) is 20.6 Å². The van der Waals surface area contributed by atoms with Gasteiger partial charge in [0.15, 0.2) is 0 Å². The summed E-state index contributed by atoms with van der Waals surface area (Å²) in [4.78, 5) is 34.5. The number of amides is 2. The molecule has 196 valence electrons. The molecule has 5 aromatic rings. The van der Waals surface area contributed by atoms with Crippen LogP contribution in [0.25, 0.3) is 21.9 Å². The zero-order valence-corrected chi connectivity index (χ0v) is 21.6. The molecule has 2 amide bonds. The average molecular weight is 519 g/mol. The number of benzene rings is 3. The van der Waals surface area contributed by atoms with Crippen molar-refractivity contribution < 1.29 is 9.59 Å². The number of fused-ring (bicyclic) bond motifs is 2. The number of hydrogen-bond acceptors (Lipinski definition) is 5. The van der Waals surface area contributed by atoms with E-state index >= 15 is 0 Å². The lowest BCUT2D eigenvalue weighted by Gasteiger charge is -2.33. The average Bonchev–Trinajstić information content (AvgIpc) is 3.39.